The van der Waals surface area contributed by atoms with E-state index in [0.29, 0.717) is 0 Å². The summed E-state index contributed by atoms with van der Waals surface area (Å²) in [6, 6.07) is 5.91. The van der Waals surface area contributed by atoms with Gasteiger partial charge in [0.15, 0.2) is 0 Å². The predicted molar refractivity (Wildman–Crippen MR) is 78.2 cm³/mol. The molecule has 0 bridgehead atoms. The minimum atomic E-state index is -0.534. The summed E-state index contributed by atoms with van der Waals surface area (Å²) < 4.78 is 5.36. The quantitative estimate of drug-likeness (QED) is 0.866. The molecule has 2 rings (SSSR count). The number of carbonyl (C=O) groups is 1. The lowest BCUT2D eigenvalue weighted by atomic mass is 10.1. The van der Waals surface area contributed by atoms with E-state index in [-0.39, 0.29) is 5.91 Å². The highest BCUT2D eigenvalue weighted by atomic mass is 35.5. The van der Waals surface area contributed by atoms with Crippen molar-refractivity contribution in [2.45, 2.75) is 19.2 Å². The van der Waals surface area contributed by atoms with Crippen molar-refractivity contribution in [2.75, 3.05) is 36.5 Å². The summed E-state index contributed by atoms with van der Waals surface area (Å²) in [5.74, 6) is -0.182. The van der Waals surface area contributed by atoms with Crippen molar-refractivity contribution in [3.05, 3.63) is 23.8 Å². The van der Waals surface area contributed by atoms with Crippen LogP contribution in [-0.2, 0) is 9.53 Å². The van der Waals surface area contributed by atoms with Crippen molar-refractivity contribution >= 4 is 28.9 Å². The highest BCUT2D eigenvalue weighted by Crippen LogP contribution is 2.25. The van der Waals surface area contributed by atoms with Crippen LogP contribution < -0.4 is 10.2 Å². The van der Waals surface area contributed by atoms with Crippen molar-refractivity contribution in [1.29, 1.82) is 0 Å². The lowest BCUT2D eigenvalue weighted by molar-refractivity contribution is -0.115. The van der Waals surface area contributed by atoms with E-state index in [9.17, 15) is 4.79 Å². The van der Waals surface area contributed by atoms with Crippen LogP contribution >= 0.6 is 11.6 Å². The normalized spacial score (nSPS) is 17.1. The van der Waals surface area contributed by atoms with Crippen LogP contribution in [0.15, 0.2) is 18.2 Å². The van der Waals surface area contributed by atoms with Gasteiger partial charge in [0.05, 0.1) is 13.2 Å². The molecule has 1 aromatic rings. The van der Waals surface area contributed by atoms with Crippen LogP contribution in [0.4, 0.5) is 11.4 Å². The molecule has 19 heavy (non-hydrogen) atoms. The summed E-state index contributed by atoms with van der Waals surface area (Å²) >= 11 is 5.76. The van der Waals surface area contributed by atoms with Crippen molar-refractivity contribution in [2.24, 2.45) is 0 Å². The largest absolute Gasteiger partial charge is 0.378 e. The van der Waals surface area contributed by atoms with Crippen molar-refractivity contribution in [1.82, 2.24) is 0 Å². The first kappa shape index (κ1) is 14.2. The standard InChI is InChI=1S/C14H19ClN2O2/c1-10-3-4-12(16-14(18)11(2)15)9-13(10)17-5-7-19-8-6-17/h3-4,9,11H,5-8H2,1-2H3,(H,16,18). The summed E-state index contributed by atoms with van der Waals surface area (Å²) in [5, 5.41) is 2.29. The summed E-state index contributed by atoms with van der Waals surface area (Å²) in [5.41, 5.74) is 3.12. The van der Waals surface area contributed by atoms with Gasteiger partial charge in [0, 0.05) is 24.5 Å². The van der Waals surface area contributed by atoms with E-state index in [0.717, 1.165) is 37.7 Å². The van der Waals surface area contributed by atoms with E-state index >= 15 is 0 Å². The molecule has 0 aromatic heterocycles. The Morgan fingerprint density at radius 3 is 2.74 bits per heavy atom. The number of alkyl halides is 1. The minimum Gasteiger partial charge on any atom is -0.378 e. The maximum absolute atomic E-state index is 11.6. The molecule has 104 valence electrons. The van der Waals surface area contributed by atoms with Crippen LogP contribution in [0.3, 0.4) is 0 Å². The predicted octanol–water partition coefficient (Wildman–Crippen LogP) is 2.40. The number of hydrogen-bond acceptors (Lipinski definition) is 3. The molecule has 1 aromatic carbocycles. The number of carbonyl (C=O) groups excluding carboxylic acids is 1. The van der Waals surface area contributed by atoms with E-state index in [1.54, 1.807) is 6.92 Å². The number of ether oxygens (including phenoxy) is 1. The summed E-state index contributed by atoms with van der Waals surface area (Å²) in [6.45, 7) is 6.98. The van der Waals surface area contributed by atoms with Crippen molar-refractivity contribution in [3.8, 4) is 0 Å². The van der Waals surface area contributed by atoms with E-state index in [1.807, 2.05) is 18.2 Å². The lowest BCUT2D eigenvalue weighted by Crippen LogP contribution is -2.36. The number of benzene rings is 1. The van der Waals surface area contributed by atoms with Crippen molar-refractivity contribution in [3.63, 3.8) is 0 Å². The average Bonchev–Trinajstić information content (AvgIpc) is 2.41. The van der Waals surface area contributed by atoms with Gasteiger partial charge >= 0.3 is 0 Å². The van der Waals surface area contributed by atoms with Gasteiger partial charge in [-0.15, -0.1) is 11.6 Å². The van der Waals surface area contributed by atoms with Crippen LogP contribution in [0.1, 0.15) is 12.5 Å². The van der Waals surface area contributed by atoms with Crippen LogP contribution in [0, 0.1) is 6.92 Å². The Balaban J connectivity index is 2.16. The first-order valence-electron chi connectivity index (χ1n) is 6.46. The summed E-state index contributed by atoms with van der Waals surface area (Å²) in [4.78, 5) is 13.9. The van der Waals surface area contributed by atoms with E-state index in [1.165, 1.54) is 5.56 Å². The second kappa shape index (κ2) is 6.26. The number of amides is 1. The number of anilines is 2. The molecule has 1 N–H and O–H groups in total. The molecule has 5 heteroatoms. The van der Waals surface area contributed by atoms with Crippen LogP contribution in [-0.4, -0.2) is 37.6 Å². The fourth-order valence-electron chi connectivity index (χ4n) is 2.07. The molecule has 1 saturated heterocycles. The number of nitrogens with one attached hydrogen (secondary N) is 1. The average molecular weight is 283 g/mol. The molecule has 1 aliphatic rings. The Morgan fingerprint density at radius 2 is 2.11 bits per heavy atom. The SMILES string of the molecule is Cc1ccc(NC(=O)C(C)Cl)cc1N1CCOCC1. The van der Waals surface area contributed by atoms with Crippen LogP contribution in [0.5, 0.6) is 0 Å². The smallest absolute Gasteiger partial charge is 0.242 e. The molecule has 1 atom stereocenters. The van der Waals surface area contributed by atoms with Gasteiger partial charge in [-0.25, -0.2) is 0 Å². The molecule has 4 nitrogen and oxygen atoms in total. The number of aryl methyl sites for hydroxylation is 1. The van der Waals surface area contributed by atoms with E-state index < -0.39 is 5.38 Å². The zero-order valence-corrected chi connectivity index (χ0v) is 12.0. The third kappa shape index (κ3) is 3.61. The molecule has 0 aliphatic carbocycles. The first-order valence-corrected chi connectivity index (χ1v) is 6.90. The van der Waals surface area contributed by atoms with Crippen LogP contribution in [0.2, 0.25) is 0 Å². The summed E-state index contributed by atoms with van der Waals surface area (Å²) in [7, 11) is 0. The van der Waals surface area contributed by atoms with Gasteiger partial charge in [0.2, 0.25) is 5.91 Å². The Labute approximate surface area is 118 Å². The highest BCUT2D eigenvalue weighted by Gasteiger charge is 2.15. The number of halogens is 1. The lowest BCUT2D eigenvalue weighted by Gasteiger charge is -2.30. The molecular weight excluding hydrogens is 264 g/mol. The Morgan fingerprint density at radius 1 is 1.42 bits per heavy atom. The monoisotopic (exact) mass is 282 g/mol. The molecule has 0 spiro atoms. The molecule has 1 amide bonds. The molecular formula is C14H19ClN2O2. The van der Waals surface area contributed by atoms with Gasteiger partial charge in [-0.1, -0.05) is 6.07 Å². The van der Waals surface area contributed by atoms with Gasteiger partial charge in [-0.05, 0) is 31.5 Å². The molecule has 1 heterocycles. The number of nitrogens with zero attached hydrogens (tertiary/aromatic N) is 1. The highest BCUT2D eigenvalue weighted by molar-refractivity contribution is 6.32. The number of morpholine rings is 1. The van der Waals surface area contributed by atoms with E-state index in [4.69, 9.17) is 16.3 Å². The fraction of sp³-hybridized carbons (Fsp3) is 0.500. The molecule has 0 radical (unpaired) electrons. The Kier molecular flexibility index (Phi) is 4.66. The summed E-state index contributed by atoms with van der Waals surface area (Å²) in [6.07, 6.45) is 0. The second-order valence-electron chi connectivity index (χ2n) is 4.71. The van der Waals surface area contributed by atoms with Gasteiger partial charge in [-0.3, -0.25) is 4.79 Å². The topological polar surface area (TPSA) is 41.6 Å². The minimum absolute atomic E-state index is 0.182. The molecule has 1 fully saturated rings. The second-order valence-corrected chi connectivity index (χ2v) is 5.36. The molecule has 0 saturated carbocycles. The third-order valence-electron chi connectivity index (χ3n) is 3.19. The molecule has 1 aliphatic heterocycles. The van der Waals surface area contributed by atoms with Gasteiger partial charge in [0.1, 0.15) is 5.38 Å². The van der Waals surface area contributed by atoms with E-state index in [2.05, 4.69) is 17.1 Å². The fourth-order valence-corrected chi connectivity index (χ4v) is 2.13. The zero-order chi connectivity index (χ0) is 13.8. The maximum atomic E-state index is 11.6. The van der Waals surface area contributed by atoms with Gasteiger partial charge in [-0.2, -0.15) is 0 Å². The van der Waals surface area contributed by atoms with Gasteiger partial charge < -0.3 is 15.0 Å². The molecule has 1 unspecified atom stereocenters. The maximum Gasteiger partial charge on any atom is 0.242 e. The van der Waals surface area contributed by atoms with Crippen LogP contribution in [0.25, 0.3) is 0 Å². The Hall–Kier alpha value is -1.26. The third-order valence-corrected chi connectivity index (χ3v) is 3.39. The zero-order valence-electron chi connectivity index (χ0n) is 11.3. The first-order chi connectivity index (χ1) is 9.08. The van der Waals surface area contributed by atoms with Crippen molar-refractivity contribution < 1.29 is 9.53 Å². The number of hydrogen-bond donors (Lipinski definition) is 1. The number of rotatable bonds is 3. The Bertz CT molecular complexity index is 457. The van der Waals surface area contributed by atoms with Gasteiger partial charge in [0.25, 0.3) is 0 Å².